The topological polar surface area (TPSA) is 65.8 Å². The van der Waals surface area contributed by atoms with E-state index in [0.29, 0.717) is 18.9 Å². The maximum Gasteiger partial charge on any atom is 0.266 e. The van der Waals surface area contributed by atoms with Crippen LogP contribution in [0.2, 0.25) is 0 Å². The molecule has 1 aromatic carbocycles. The van der Waals surface area contributed by atoms with Gasteiger partial charge in [0.15, 0.2) is 5.82 Å². The second-order valence-corrected chi connectivity index (χ2v) is 4.89. The van der Waals surface area contributed by atoms with Crippen LogP contribution in [0.1, 0.15) is 5.56 Å². The van der Waals surface area contributed by atoms with E-state index in [4.69, 9.17) is 5.73 Å². The molecule has 2 N–H and O–H groups in total. The number of benzene rings is 1. The van der Waals surface area contributed by atoms with Crippen molar-refractivity contribution in [2.24, 2.45) is 5.73 Å². The third-order valence-electron chi connectivity index (χ3n) is 3.41. The number of hydrogen-bond acceptors (Lipinski definition) is 3. The molecule has 2 aromatic heterocycles. The van der Waals surface area contributed by atoms with Crippen molar-refractivity contribution in [3.05, 3.63) is 58.3 Å². The van der Waals surface area contributed by atoms with Crippen LogP contribution in [-0.2, 0) is 6.54 Å². The van der Waals surface area contributed by atoms with Crippen molar-refractivity contribution in [2.75, 3.05) is 6.54 Å². The van der Waals surface area contributed by atoms with E-state index in [-0.39, 0.29) is 11.4 Å². The Morgan fingerprint density at radius 2 is 2.10 bits per heavy atom. The fourth-order valence-corrected chi connectivity index (χ4v) is 2.41. The Kier molecular flexibility index (Phi) is 3.31. The first-order valence-electron chi connectivity index (χ1n) is 6.66. The molecule has 0 amide bonds. The van der Waals surface area contributed by atoms with Crippen molar-refractivity contribution in [2.45, 2.75) is 13.5 Å². The third-order valence-corrected chi connectivity index (χ3v) is 3.41. The molecular weight excluding hydrogens is 271 g/mol. The zero-order chi connectivity index (χ0) is 15.0. The first kappa shape index (κ1) is 13.5. The minimum atomic E-state index is -0.308. The summed E-state index contributed by atoms with van der Waals surface area (Å²) in [5.74, 6) is 0.254. The molecule has 0 fully saturated rings. The van der Waals surface area contributed by atoms with E-state index in [9.17, 15) is 9.18 Å². The summed E-state index contributed by atoms with van der Waals surface area (Å²) in [5, 5.41) is 5.24. The summed E-state index contributed by atoms with van der Waals surface area (Å²) < 4.78 is 16.6. The van der Waals surface area contributed by atoms with Crippen molar-refractivity contribution in [1.29, 1.82) is 0 Å². The number of nitrogens with two attached hydrogens (primary N) is 1. The zero-order valence-corrected chi connectivity index (χ0v) is 11.6. The third kappa shape index (κ3) is 2.34. The first-order valence-corrected chi connectivity index (χ1v) is 6.66. The van der Waals surface area contributed by atoms with E-state index in [0.717, 1.165) is 16.5 Å². The van der Waals surface area contributed by atoms with Crippen LogP contribution in [-0.4, -0.2) is 20.9 Å². The summed E-state index contributed by atoms with van der Waals surface area (Å²) in [6, 6.07) is 7.70. The smallest absolute Gasteiger partial charge is 0.266 e. The Labute approximate surface area is 120 Å². The molecule has 3 rings (SSSR count). The molecule has 0 unspecified atom stereocenters. The molecule has 5 nitrogen and oxygen atoms in total. The average molecular weight is 286 g/mol. The number of hydrogen-bond donors (Lipinski definition) is 1. The van der Waals surface area contributed by atoms with Crippen LogP contribution < -0.4 is 11.3 Å². The van der Waals surface area contributed by atoms with Gasteiger partial charge >= 0.3 is 0 Å². The Bertz CT molecular complexity index is 866. The van der Waals surface area contributed by atoms with Gasteiger partial charge in [-0.25, -0.2) is 9.07 Å². The lowest BCUT2D eigenvalue weighted by Crippen LogP contribution is -2.26. The predicted molar refractivity (Wildman–Crippen MR) is 79.1 cm³/mol. The van der Waals surface area contributed by atoms with Gasteiger partial charge in [0.1, 0.15) is 5.82 Å². The molecule has 0 aliphatic carbocycles. The molecule has 2 heterocycles. The molecular formula is C15H15FN4O. The largest absolute Gasteiger partial charge is 0.329 e. The standard InChI is InChI=1S/C15H15FN4O/c1-10-9-19(13-8-11(16)2-3-12(10)13)14-4-5-15(21)20(18-14)7-6-17/h2-5,8-9H,6-7,17H2,1H3. The minimum absolute atomic E-state index is 0.205. The quantitative estimate of drug-likeness (QED) is 0.795. The summed E-state index contributed by atoms with van der Waals surface area (Å²) in [6.45, 7) is 2.63. The fourth-order valence-electron chi connectivity index (χ4n) is 2.41. The van der Waals surface area contributed by atoms with Crippen molar-refractivity contribution in [1.82, 2.24) is 14.3 Å². The molecule has 6 heteroatoms. The summed E-state index contributed by atoms with van der Waals surface area (Å²) >= 11 is 0. The number of fused-ring (bicyclic) bond motifs is 1. The average Bonchev–Trinajstić information content (AvgIpc) is 2.78. The van der Waals surface area contributed by atoms with Gasteiger partial charge in [0.25, 0.3) is 5.56 Å². The molecule has 108 valence electrons. The number of halogens is 1. The van der Waals surface area contributed by atoms with Crippen molar-refractivity contribution < 1.29 is 4.39 Å². The zero-order valence-electron chi connectivity index (χ0n) is 11.6. The van der Waals surface area contributed by atoms with Gasteiger partial charge in [-0.05, 0) is 36.8 Å². The van der Waals surface area contributed by atoms with Gasteiger partial charge in [0.2, 0.25) is 0 Å². The first-order chi connectivity index (χ1) is 10.1. The van der Waals surface area contributed by atoms with E-state index in [1.54, 1.807) is 16.7 Å². The Morgan fingerprint density at radius 3 is 2.86 bits per heavy atom. The molecule has 0 bridgehead atoms. The van der Waals surface area contributed by atoms with E-state index in [1.807, 2.05) is 13.1 Å². The second-order valence-electron chi connectivity index (χ2n) is 4.89. The van der Waals surface area contributed by atoms with Crippen LogP contribution in [0.4, 0.5) is 4.39 Å². The fraction of sp³-hybridized carbons (Fsp3) is 0.200. The molecule has 21 heavy (non-hydrogen) atoms. The van der Waals surface area contributed by atoms with Crippen molar-refractivity contribution in [3.63, 3.8) is 0 Å². The highest BCUT2D eigenvalue weighted by atomic mass is 19.1. The monoisotopic (exact) mass is 286 g/mol. The SMILES string of the molecule is Cc1cn(-c2ccc(=O)n(CCN)n2)c2cc(F)ccc12. The van der Waals surface area contributed by atoms with E-state index in [1.165, 1.54) is 22.9 Å². The second kappa shape index (κ2) is 5.14. The maximum atomic E-state index is 13.5. The Hall–Kier alpha value is -2.47. The van der Waals surface area contributed by atoms with E-state index >= 15 is 0 Å². The number of rotatable bonds is 3. The van der Waals surface area contributed by atoms with Crippen LogP contribution in [0, 0.1) is 12.7 Å². The van der Waals surface area contributed by atoms with Crippen molar-refractivity contribution in [3.8, 4) is 5.82 Å². The van der Waals surface area contributed by atoms with Crippen LogP contribution in [0.25, 0.3) is 16.7 Å². The van der Waals surface area contributed by atoms with E-state index in [2.05, 4.69) is 5.10 Å². The van der Waals surface area contributed by atoms with Gasteiger partial charge in [0.05, 0.1) is 12.1 Å². The highest BCUT2D eigenvalue weighted by Crippen LogP contribution is 2.24. The van der Waals surface area contributed by atoms with Gasteiger partial charge in [-0.1, -0.05) is 0 Å². The van der Waals surface area contributed by atoms with Crippen LogP contribution in [0.3, 0.4) is 0 Å². The molecule has 3 aromatic rings. The molecule has 0 saturated heterocycles. The molecule has 0 spiro atoms. The highest BCUT2D eigenvalue weighted by Gasteiger charge is 2.10. The Morgan fingerprint density at radius 1 is 1.29 bits per heavy atom. The molecule has 0 aliphatic heterocycles. The van der Waals surface area contributed by atoms with Gasteiger partial charge in [0, 0.05) is 24.2 Å². The van der Waals surface area contributed by atoms with Crippen LogP contribution in [0.5, 0.6) is 0 Å². The summed E-state index contributed by atoms with van der Waals surface area (Å²) in [6.07, 6.45) is 1.88. The van der Waals surface area contributed by atoms with Crippen molar-refractivity contribution >= 4 is 10.9 Å². The van der Waals surface area contributed by atoms with Gasteiger partial charge in [-0.15, -0.1) is 0 Å². The summed E-state index contributed by atoms with van der Waals surface area (Å²) in [4.78, 5) is 11.7. The lowest BCUT2D eigenvalue weighted by atomic mass is 10.2. The minimum Gasteiger partial charge on any atom is -0.329 e. The molecule has 0 saturated carbocycles. The maximum absolute atomic E-state index is 13.5. The summed E-state index contributed by atoms with van der Waals surface area (Å²) in [7, 11) is 0. The molecule has 0 radical (unpaired) electrons. The number of nitrogens with zero attached hydrogens (tertiary/aromatic N) is 3. The number of aryl methyl sites for hydroxylation is 1. The summed E-state index contributed by atoms with van der Waals surface area (Å²) in [5.41, 5.74) is 7.01. The lowest BCUT2D eigenvalue weighted by Gasteiger charge is -2.07. The molecule has 0 aliphatic rings. The number of aromatic nitrogens is 3. The van der Waals surface area contributed by atoms with Crippen LogP contribution in [0.15, 0.2) is 41.3 Å². The van der Waals surface area contributed by atoms with Gasteiger partial charge in [-0.2, -0.15) is 5.10 Å². The normalized spacial score (nSPS) is 11.2. The predicted octanol–water partition coefficient (Wildman–Crippen LogP) is 1.59. The van der Waals surface area contributed by atoms with Gasteiger partial charge in [-0.3, -0.25) is 9.36 Å². The van der Waals surface area contributed by atoms with Crippen LogP contribution >= 0.6 is 0 Å². The lowest BCUT2D eigenvalue weighted by molar-refractivity contribution is 0.581. The van der Waals surface area contributed by atoms with Gasteiger partial charge < -0.3 is 5.73 Å². The van der Waals surface area contributed by atoms with E-state index < -0.39 is 0 Å². The highest BCUT2D eigenvalue weighted by molar-refractivity contribution is 5.85. The molecule has 0 atom stereocenters. The Balaban J connectivity index is 2.23.